The molecule has 3 aliphatic rings. The number of hydrogen-bond donors (Lipinski definition) is 0. The monoisotopic (exact) mass is 460 g/mol. The molecule has 0 N–H and O–H groups in total. The fraction of sp³-hybridized carbons (Fsp3) is 0.609. The Balaban J connectivity index is 1.37. The lowest BCUT2D eigenvalue weighted by atomic mass is 9.89. The fourth-order valence-corrected chi connectivity index (χ4v) is 5.94. The van der Waals surface area contributed by atoms with Crippen LogP contribution in [0, 0.1) is 6.92 Å². The second-order valence-corrected chi connectivity index (χ2v) is 11.3. The molecule has 4 rings (SSSR count). The van der Waals surface area contributed by atoms with Gasteiger partial charge in [-0.3, -0.25) is 19.5 Å². The van der Waals surface area contributed by atoms with Gasteiger partial charge in [0.25, 0.3) is 5.91 Å². The molecule has 0 aromatic carbocycles. The second kappa shape index (κ2) is 9.70. The van der Waals surface area contributed by atoms with E-state index in [9.17, 15) is 18.0 Å². The van der Waals surface area contributed by atoms with Crippen LogP contribution in [0.4, 0.5) is 0 Å². The first-order chi connectivity index (χ1) is 15.3. The highest BCUT2D eigenvalue weighted by molar-refractivity contribution is 7.91. The summed E-state index contributed by atoms with van der Waals surface area (Å²) >= 11 is 0. The van der Waals surface area contributed by atoms with Crippen molar-refractivity contribution in [1.29, 1.82) is 0 Å². The van der Waals surface area contributed by atoms with Crippen LogP contribution in [0.15, 0.2) is 24.3 Å². The normalized spacial score (nSPS) is 22.2. The van der Waals surface area contributed by atoms with Crippen molar-refractivity contribution in [2.24, 2.45) is 0 Å². The Hall–Kier alpha value is -2.26. The standard InChI is InChI=1S/C23H32N4O4S/c1-18-5-6-20(23(29)27-9-3-2-4-10-27)22(24-18)19-7-11-26(12-8-19)21(28)17-25-13-15-32(30,31)16-14-25/h2-3,5-6,19H,4,7-17H2,1H3. The van der Waals surface area contributed by atoms with Gasteiger partial charge in [0.05, 0.1) is 29.3 Å². The van der Waals surface area contributed by atoms with Crippen molar-refractivity contribution in [1.82, 2.24) is 19.7 Å². The van der Waals surface area contributed by atoms with Gasteiger partial charge < -0.3 is 9.80 Å². The van der Waals surface area contributed by atoms with E-state index in [1.807, 2.05) is 39.8 Å². The van der Waals surface area contributed by atoms with Crippen LogP contribution in [0.25, 0.3) is 0 Å². The van der Waals surface area contributed by atoms with E-state index in [1.165, 1.54) is 0 Å². The highest BCUT2D eigenvalue weighted by Gasteiger charge is 2.30. The summed E-state index contributed by atoms with van der Waals surface area (Å²) in [7, 11) is -2.95. The molecule has 0 spiro atoms. The number of sulfone groups is 1. The minimum atomic E-state index is -2.95. The minimum Gasteiger partial charge on any atom is -0.342 e. The van der Waals surface area contributed by atoms with E-state index in [2.05, 4.69) is 6.08 Å². The molecule has 1 aromatic rings. The predicted molar refractivity (Wildman–Crippen MR) is 122 cm³/mol. The predicted octanol–water partition coefficient (Wildman–Crippen LogP) is 1.23. The van der Waals surface area contributed by atoms with Gasteiger partial charge in [-0.1, -0.05) is 12.2 Å². The summed E-state index contributed by atoms with van der Waals surface area (Å²) in [4.78, 5) is 36.3. The third kappa shape index (κ3) is 5.38. The number of carbonyl (C=O) groups is 2. The average molecular weight is 461 g/mol. The van der Waals surface area contributed by atoms with Crippen molar-refractivity contribution in [2.45, 2.75) is 32.1 Å². The molecular weight excluding hydrogens is 428 g/mol. The van der Waals surface area contributed by atoms with E-state index in [0.717, 1.165) is 37.2 Å². The van der Waals surface area contributed by atoms with E-state index >= 15 is 0 Å². The first-order valence-electron chi connectivity index (χ1n) is 11.4. The van der Waals surface area contributed by atoms with E-state index in [1.54, 1.807) is 0 Å². The van der Waals surface area contributed by atoms with Crippen LogP contribution in [0.2, 0.25) is 0 Å². The number of piperidine rings is 1. The quantitative estimate of drug-likeness (QED) is 0.628. The second-order valence-electron chi connectivity index (χ2n) is 8.98. The smallest absolute Gasteiger partial charge is 0.256 e. The van der Waals surface area contributed by atoms with Crippen LogP contribution in [-0.2, 0) is 14.6 Å². The molecular formula is C23H32N4O4S. The summed E-state index contributed by atoms with van der Waals surface area (Å²) in [6.45, 7) is 5.69. The van der Waals surface area contributed by atoms with Crippen LogP contribution in [0.5, 0.6) is 0 Å². The fourth-order valence-electron chi connectivity index (χ4n) is 4.67. The molecule has 0 radical (unpaired) electrons. The summed E-state index contributed by atoms with van der Waals surface area (Å²) in [6, 6.07) is 3.80. The molecule has 2 saturated heterocycles. The lowest BCUT2D eigenvalue weighted by molar-refractivity contribution is -0.133. The van der Waals surface area contributed by atoms with E-state index in [-0.39, 0.29) is 35.8 Å². The van der Waals surface area contributed by atoms with Crippen LogP contribution in [0.1, 0.15) is 46.9 Å². The first kappa shape index (κ1) is 22.9. The molecule has 2 amide bonds. The number of aryl methyl sites for hydroxylation is 1. The van der Waals surface area contributed by atoms with Crippen LogP contribution in [-0.4, -0.2) is 97.2 Å². The zero-order valence-corrected chi connectivity index (χ0v) is 19.5. The molecule has 4 heterocycles. The molecule has 0 bridgehead atoms. The number of carbonyl (C=O) groups excluding carboxylic acids is 2. The summed E-state index contributed by atoms with van der Waals surface area (Å²) in [5.41, 5.74) is 2.44. The van der Waals surface area contributed by atoms with Crippen LogP contribution in [0.3, 0.4) is 0 Å². The molecule has 9 heteroatoms. The molecule has 32 heavy (non-hydrogen) atoms. The third-order valence-corrected chi connectivity index (χ3v) is 8.28. The lowest BCUT2D eigenvalue weighted by Gasteiger charge is -2.35. The molecule has 0 saturated carbocycles. The summed E-state index contributed by atoms with van der Waals surface area (Å²) < 4.78 is 23.2. The summed E-state index contributed by atoms with van der Waals surface area (Å²) in [5.74, 6) is 0.501. The Labute approximate surface area is 190 Å². The third-order valence-electron chi connectivity index (χ3n) is 6.67. The highest BCUT2D eigenvalue weighted by Crippen LogP contribution is 2.30. The largest absolute Gasteiger partial charge is 0.342 e. The molecule has 8 nitrogen and oxygen atoms in total. The number of hydrogen-bond acceptors (Lipinski definition) is 6. The number of rotatable bonds is 4. The van der Waals surface area contributed by atoms with E-state index in [0.29, 0.717) is 38.3 Å². The average Bonchev–Trinajstić information content (AvgIpc) is 2.80. The van der Waals surface area contributed by atoms with E-state index < -0.39 is 9.84 Å². The number of amides is 2. The maximum atomic E-state index is 13.2. The topological polar surface area (TPSA) is 90.9 Å². The van der Waals surface area contributed by atoms with Gasteiger partial charge >= 0.3 is 0 Å². The van der Waals surface area contributed by atoms with Gasteiger partial charge in [-0.15, -0.1) is 0 Å². The lowest BCUT2D eigenvalue weighted by Crippen LogP contribution is -2.48. The van der Waals surface area contributed by atoms with Crippen molar-refractivity contribution in [3.63, 3.8) is 0 Å². The SMILES string of the molecule is Cc1ccc(C(=O)N2CC=CCC2)c(C2CCN(C(=O)CN3CCS(=O)(=O)CC3)CC2)n1. The van der Waals surface area contributed by atoms with Crippen molar-refractivity contribution >= 4 is 21.7 Å². The number of likely N-dealkylation sites (tertiary alicyclic amines) is 1. The maximum absolute atomic E-state index is 13.2. The van der Waals surface area contributed by atoms with Gasteiger partial charge in [0.15, 0.2) is 9.84 Å². The zero-order chi connectivity index (χ0) is 22.7. The van der Waals surface area contributed by atoms with Gasteiger partial charge in [0.2, 0.25) is 5.91 Å². The number of nitrogens with zero attached hydrogens (tertiary/aromatic N) is 4. The number of pyridine rings is 1. The summed E-state index contributed by atoms with van der Waals surface area (Å²) in [6.07, 6.45) is 6.56. The Bertz CT molecular complexity index is 985. The van der Waals surface area contributed by atoms with Crippen LogP contribution >= 0.6 is 0 Å². The Kier molecular flexibility index (Phi) is 6.95. The molecule has 3 aliphatic heterocycles. The molecule has 2 fully saturated rings. The van der Waals surface area contributed by atoms with Crippen molar-refractivity contribution in [3.05, 3.63) is 41.2 Å². The van der Waals surface area contributed by atoms with Gasteiger partial charge in [0.1, 0.15) is 0 Å². The Morgan fingerprint density at radius 3 is 2.38 bits per heavy atom. The van der Waals surface area contributed by atoms with Gasteiger partial charge in [-0.2, -0.15) is 0 Å². The first-order valence-corrected chi connectivity index (χ1v) is 13.3. The highest BCUT2D eigenvalue weighted by atomic mass is 32.2. The minimum absolute atomic E-state index is 0.0374. The molecule has 0 unspecified atom stereocenters. The molecule has 0 atom stereocenters. The van der Waals surface area contributed by atoms with E-state index in [4.69, 9.17) is 4.98 Å². The van der Waals surface area contributed by atoms with Crippen molar-refractivity contribution in [2.75, 3.05) is 57.3 Å². The Morgan fingerprint density at radius 2 is 1.72 bits per heavy atom. The zero-order valence-electron chi connectivity index (χ0n) is 18.7. The van der Waals surface area contributed by atoms with Gasteiger partial charge in [-0.05, 0) is 38.3 Å². The molecule has 0 aliphatic carbocycles. The van der Waals surface area contributed by atoms with Crippen LogP contribution < -0.4 is 0 Å². The van der Waals surface area contributed by atoms with Crippen molar-refractivity contribution < 1.29 is 18.0 Å². The van der Waals surface area contributed by atoms with Gasteiger partial charge in [0, 0.05) is 50.9 Å². The summed E-state index contributed by atoms with van der Waals surface area (Å²) in [5, 5.41) is 0. The number of aromatic nitrogens is 1. The maximum Gasteiger partial charge on any atom is 0.256 e. The Morgan fingerprint density at radius 1 is 1.00 bits per heavy atom. The molecule has 1 aromatic heterocycles. The van der Waals surface area contributed by atoms with Gasteiger partial charge in [-0.25, -0.2) is 8.42 Å². The molecule has 174 valence electrons. The van der Waals surface area contributed by atoms with Crippen molar-refractivity contribution in [3.8, 4) is 0 Å².